The third kappa shape index (κ3) is 3.02. The van der Waals surface area contributed by atoms with E-state index in [9.17, 15) is 9.18 Å². The van der Waals surface area contributed by atoms with Crippen molar-refractivity contribution in [2.24, 2.45) is 5.92 Å². The van der Waals surface area contributed by atoms with Crippen LogP contribution in [0, 0.1) is 23.1 Å². The highest BCUT2D eigenvalue weighted by atomic mass is 19.1. The molecule has 1 aromatic rings. The fraction of sp³-hybridized carbons (Fsp3) is 0.429. The number of hydrogen-bond donors (Lipinski definition) is 1. The molecule has 0 bridgehead atoms. The first-order valence-corrected chi connectivity index (χ1v) is 6.36. The number of carbonyl (C=O) groups is 1. The second-order valence-electron chi connectivity index (χ2n) is 4.87. The van der Waals surface area contributed by atoms with Gasteiger partial charge in [0.15, 0.2) is 0 Å². The molecule has 0 radical (unpaired) electrons. The zero-order valence-corrected chi connectivity index (χ0v) is 10.8. The summed E-state index contributed by atoms with van der Waals surface area (Å²) in [5, 5.41) is 11.5. The molecule has 1 aliphatic rings. The van der Waals surface area contributed by atoms with Crippen molar-refractivity contribution >= 4 is 11.7 Å². The van der Waals surface area contributed by atoms with E-state index >= 15 is 0 Å². The maximum Gasteiger partial charge on any atom is 0.321 e. The Morgan fingerprint density at radius 1 is 1.47 bits per heavy atom. The molecule has 0 atom stereocenters. The second-order valence-corrected chi connectivity index (χ2v) is 4.87. The Labute approximate surface area is 111 Å². The second kappa shape index (κ2) is 5.70. The van der Waals surface area contributed by atoms with E-state index in [4.69, 9.17) is 5.26 Å². The average molecular weight is 261 g/mol. The molecular weight excluding hydrogens is 245 g/mol. The van der Waals surface area contributed by atoms with Crippen molar-refractivity contribution in [3.8, 4) is 6.07 Å². The van der Waals surface area contributed by atoms with Gasteiger partial charge in [0.05, 0.1) is 5.69 Å². The molecule has 1 heterocycles. The number of nitrogens with one attached hydrogen (secondary N) is 1. The van der Waals surface area contributed by atoms with Crippen LogP contribution >= 0.6 is 0 Å². The molecule has 0 spiro atoms. The first kappa shape index (κ1) is 13.3. The number of halogens is 1. The van der Waals surface area contributed by atoms with Gasteiger partial charge in [-0.1, -0.05) is 13.0 Å². The van der Waals surface area contributed by atoms with Crippen LogP contribution in [0.25, 0.3) is 0 Å². The molecule has 5 heteroatoms. The third-order valence-electron chi connectivity index (χ3n) is 3.44. The number of urea groups is 1. The zero-order valence-electron chi connectivity index (χ0n) is 10.8. The molecule has 0 aliphatic carbocycles. The van der Waals surface area contributed by atoms with E-state index in [1.54, 1.807) is 11.0 Å². The highest BCUT2D eigenvalue weighted by Gasteiger charge is 2.21. The first-order chi connectivity index (χ1) is 9.11. The van der Waals surface area contributed by atoms with Gasteiger partial charge in [-0.05, 0) is 30.9 Å². The van der Waals surface area contributed by atoms with Gasteiger partial charge < -0.3 is 10.2 Å². The van der Waals surface area contributed by atoms with Crippen LogP contribution in [0.1, 0.15) is 25.3 Å². The number of rotatable bonds is 1. The van der Waals surface area contributed by atoms with Gasteiger partial charge in [0.25, 0.3) is 0 Å². The molecule has 1 N–H and O–H groups in total. The summed E-state index contributed by atoms with van der Waals surface area (Å²) >= 11 is 0. The van der Waals surface area contributed by atoms with Gasteiger partial charge in [0.2, 0.25) is 0 Å². The molecule has 4 nitrogen and oxygen atoms in total. The van der Waals surface area contributed by atoms with E-state index in [1.807, 2.05) is 0 Å². The molecule has 1 fully saturated rings. The number of anilines is 1. The predicted molar refractivity (Wildman–Crippen MR) is 70.1 cm³/mol. The Morgan fingerprint density at radius 2 is 2.16 bits per heavy atom. The molecule has 0 aromatic heterocycles. The number of piperidine rings is 1. The molecule has 2 rings (SSSR count). The average Bonchev–Trinajstić information content (AvgIpc) is 2.39. The lowest BCUT2D eigenvalue weighted by atomic mass is 10.00. The van der Waals surface area contributed by atoms with E-state index in [-0.39, 0.29) is 17.3 Å². The summed E-state index contributed by atoms with van der Waals surface area (Å²) in [5.74, 6) is 0.0143. The Morgan fingerprint density at radius 3 is 2.79 bits per heavy atom. The third-order valence-corrected chi connectivity index (χ3v) is 3.44. The monoisotopic (exact) mass is 261 g/mol. The van der Waals surface area contributed by atoms with Crippen LogP contribution in [0.5, 0.6) is 0 Å². The van der Waals surface area contributed by atoms with Crippen LogP contribution in [-0.2, 0) is 0 Å². The van der Waals surface area contributed by atoms with Crippen LogP contribution in [0.2, 0.25) is 0 Å². The Hall–Kier alpha value is -2.09. The van der Waals surface area contributed by atoms with E-state index < -0.39 is 5.82 Å². The highest BCUT2D eigenvalue weighted by molar-refractivity contribution is 5.90. The van der Waals surface area contributed by atoms with E-state index in [2.05, 4.69) is 12.2 Å². The van der Waals surface area contributed by atoms with Crippen LogP contribution in [-0.4, -0.2) is 24.0 Å². The minimum atomic E-state index is -0.618. The maximum atomic E-state index is 13.4. The maximum absolute atomic E-state index is 13.4. The fourth-order valence-electron chi connectivity index (χ4n) is 2.15. The number of nitrogens with zero attached hydrogens (tertiary/aromatic N) is 2. The molecule has 2 amide bonds. The largest absolute Gasteiger partial charge is 0.325 e. The lowest BCUT2D eigenvalue weighted by molar-refractivity contribution is 0.186. The quantitative estimate of drug-likeness (QED) is 0.845. The predicted octanol–water partition coefficient (Wildman–Crippen LogP) is 2.96. The standard InChI is InChI=1S/C14H16FN3O/c1-10-5-7-18(8-6-10)14(19)17-13-4-2-3-12(15)11(13)9-16/h2-4,10H,5-8H2,1H3,(H,17,19). The number of amides is 2. The van der Waals surface area contributed by atoms with E-state index in [0.717, 1.165) is 12.8 Å². The number of nitriles is 1. The van der Waals surface area contributed by atoms with Crippen LogP contribution < -0.4 is 5.32 Å². The normalized spacial score (nSPS) is 15.9. The Kier molecular flexibility index (Phi) is 4.00. The summed E-state index contributed by atoms with van der Waals surface area (Å²) in [6.45, 7) is 3.56. The lowest BCUT2D eigenvalue weighted by Crippen LogP contribution is -2.40. The van der Waals surface area contributed by atoms with Crippen molar-refractivity contribution in [3.63, 3.8) is 0 Å². The molecule has 1 aromatic carbocycles. The number of hydrogen-bond acceptors (Lipinski definition) is 2. The van der Waals surface area contributed by atoms with Crippen molar-refractivity contribution in [2.75, 3.05) is 18.4 Å². The highest BCUT2D eigenvalue weighted by Crippen LogP contribution is 2.20. The van der Waals surface area contributed by atoms with E-state index in [0.29, 0.717) is 19.0 Å². The van der Waals surface area contributed by atoms with Gasteiger partial charge in [0, 0.05) is 13.1 Å². The summed E-state index contributed by atoms with van der Waals surface area (Å²) in [5.41, 5.74) is 0.104. The minimum absolute atomic E-state index is 0.124. The molecule has 0 unspecified atom stereocenters. The molecule has 100 valence electrons. The number of benzene rings is 1. The fourth-order valence-corrected chi connectivity index (χ4v) is 2.15. The molecule has 0 saturated carbocycles. The zero-order chi connectivity index (χ0) is 13.8. The summed E-state index contributed by atoms with van der Waals surface area (Å²) in [6, 6.07) is 5.72. The van der Waals surface area contributed by atoms with Gasteiger partial charge in [-0.15, -0.1) is 0 Å². The van der Waals surface area contributed by atoms with Gasteiger partial charge in [-0.3, -0.25) is 0 Å². The summed E-state index contributed by atoms with van der Waals surface area (Å²) in [6.07, 6.45) is 1.95. The SMILES string of the molecule is CC1CCN(C(=O)Nc2cccc(F)c2C#N)CC1. The van der Waals surface area contributed by atoms with Crippen LogP contribution in [0.15, 0.2) is 18.2 Å². The lowest BCUT2D eigenvalue weighted by Gasteiger charge is -2.30. The van der Waals surface area contributed by atoms with Gasteiger partial charge in [0.1, 0.15) is 17.4 Å². The van der Waals surface area contributed by atoms with Crippen molar-refractivity contribution in [1.82, 2.24) is 4.90 Å². The molecular formula is C14H16FN3O. The van der Waals surface area contributed by atoms with Crippen molar-refractivity contribution in [2.45, 2.75) is 19.8 Å². The van der Waals surface area contributed by atoms with Crippen molar-refractivity contribution < 1.29 is 9.18 Å². The number of carbonyl (C=O) groups excluding carboxylic acids is 1. The topological polar surface area (TPSA) is 56.1 Å². The first-order valence-electron chi connectivity index (χ1n) is 6.36. The van der Waals surface area contributed by atoms with Gasteiger partial charge in [-0.25, -0.2) is 9.18 Å². The smallest absolute Gasteiger partial charge is 0.321 e. The van der Waals surface area contributed by atoms with Crippen molar-refractivity contribution in [3.05, 3.63) is 29.6 Å². The summed E-state index contributed by atoms with van der Waals surface area (Å²) in [7, 11) is 0. The minimum Gasteiger partial charge on any atom is -0.325 e. The molecule has 1 saturated heterocycles. The van der Waals surface area contributed by atoms with Crippen LogP contribution in [0.3, 0.4) is 0 Å². The summed E-state index contributed by atoms with van der Waals surface area (Å²) in [4.78, 5) is 13.7. The van der Waals surface area contributed by atoms with E-state index in [1.165, 1.54) is 18.2 Å². The summed E-state index contributed by atoms with van der Waals surface area (Å²) < 4.78 is 13.4. The van der Waals surface area contributed by atoms with Gasteiger partial charge in [-0.2, -0.15) is 5.26 Å². The Bertz CT molecular complexity index is 516. The number of likely N-dealkylation sites (tertiary alicyclic amines) is 1. The van der Waals surface area contributed by atoms with Crippen molar-refractivity contribution in [1.29, 1.82) is 5.26 Å². The van der Waals surface area contributed by atoms with Gasteiger partial charge >= 0.3 is 6.03 Å². The van der Waals surface area contributed by atoms with Crippen LogP contribution in [0.4, 0.5) is 14.9 Å². The molecule has 1 aliphatic heterocycles. The Balaban J connectivity index is 2.07. The molecule has 19 heavy (non-hydrogen) atoms.